The summed E-state index contributed by atoms with van der Waals surface area (Å²) in [4.78, 5) is 23.6. The lowest BCUT2D eigenvalue weighted by Crippen LogP contribution is -2.43. The Hall–Kier alpha value is -2.32. The number of thioether (sulfide) groups is 1. The highest BCUT2D eigenvalue weighted by Gasteiger charge is 2.13. The number of hydrogen-bond donors (Lipinski definition) is 3. The second-order valence-corrected chi connectivity index (χ2v) is 6.14. The normalized spacial score (nSPS) is 11.8. The predicted molar refractivity (Wildman–Crippen MR) is 96.2 cm³/mol. The number of carbonyl (C=O) groups excluding carboxylic acids is 2. The summed E-state index contributed by atoms with van der Waals surface area (Å²) in [5.41, 5.74) is 7.28. The molecule has 0 aliphatic rings. The van der Waals surface area contributed by atoms with E-state index >= 15 is 0 Å². The minimum atomic E-state index is -0.585. The van der Waals surface area contributed by atoms with Gasteiger partial charge in [-0.3, -0.25) is 9.59 Å². The predicted octanol–water partition coefficient (Wildman–Crippen LogP) is 1.01. The first-order valence-corrected chi connectivity index (χ1v) is 8.91. The molecule has 0 fully saturated rings. The van der Waals surface area contributed by atoms with Crippen LogP contribution in [0.5, 0.6) is 0 Å². The third-order valence-electron chi connectivity index (χ3n) is 3.31. The lowest BCUT2D eigenvalue weighted by molar-refractivity contribution is -0.125. The van der Waals surface area contributed by atoms with Crippen LogP contribution in [0.3, 0.4) is 0 Å². The lowest BCUT2D eigenvalue weighted by Gasteiger charge is -2.12. The zero-order chi connectivity index (χ0) is 17.4. The number of rotatable bonds is 8. The molecule has 0 aliphatic heterocycles. The van der Waals surface area contributed by atoms with Gasteiger partial charge in [0.05, 0.1) is 18.3 Å². The molecular formula is C16H21N5O2S. The van der Waals surface area contributed by atoms with E-state index in [0.29, 0.717) is 12.1 Å². The van der Waals surface area contributed by atoms with Gasteiger partial charge in [0.15, 0.2) is 0 Å². The number of nitrogens with zero attached hydrogens (tertiary/aromatic N) is 2. The van der Waals surface area contributed by atoms with Crippen LogP contribution < -0.4 is 16.4 Å². The zero-order valence-corrected chi connectivity index (χ0v) is 14.3. The fraction of sp³-hybridized carbons (Fsp3) is 0.312. The van der Waals surface area contributed by atoms with Crippen LogP contribution in [0, 0.1) is 0 Å². The van der Waals surface area contributed by atoms with E-state index in [1.54, 1.807) is 34.8 Å². The maximum absolute atomic E-state index is 11.9. The van der Waals surface area contributed by atoms with Crippen molar-refractivity contribution in [2.75, 3.05) is 23.9 Å². The van der Waals surface area contributed by atoms with Crippen molar-refractivity contribution in [2.45, 2.75) is 12.5 Å². The van der Waals surface area contributed by atoms with Crippen molar-refractivity contribution in [1.82, 2.24) is 15.1 Å². The first kappa shape index (κ1) is 18.0. The molecule has 0 saturated carbocycles. The third kappa shape index (κ3) is 5.39. The molecule has 1 aromatic heterocycles. The van der Waals surface area contributed by atoms with E-state index in [1.807, 2.05) is 30.7 Å². The summed E-state index contributed by atoms with van der Waals surface area (Å²) in [5.74, 6) is 0.198. The van der Waals surface area contributed by atoms with Gasteiger partial charge in [0, 0.05) is 18.1 Å². The number of carbonyl (C=O) groups is 2. The molecule has 7 nitrogen and oxygen atoms in total. The summed E-state index contributed by atoms with van der Waals surface area (Å²) < 4.78 is 1.72. The van der Waals surface area contributed by atoms with E-state index in [4.69, 9.17) is 5.73 Å². The molecule has 4 N–H and O–H groups in total. The molecule has 2 aromatic rings. The molecule has 1 atom stereocenters. The summed E-state index contributed by atoms with van der Waals surface area (Å²) in [5, 5.41) is 9.40. The highest BCUT2D eigenvalue weighted by atomic mass is 32.2. The summed E-state index contributed by atoms with van der Waals surface area (Å²) in [7, 11) is 0. The minimum Gasteiger partial charge on any atom is -0.346 e. The molecule has 1 heterocycles. The monoisotopic (exact) mass is 347 g/mol. The van der Waals surface area contributed by atoms with Gasteiger partial charge in [-0.2, -0.15) is 16.9 Å². The van der Waals surface area contributed by atoms with Gasteiger partial charge in [-0.1, -0.05) is 0 Å². The fourth-order valence-electron chi connectivity index (χ4n) is 2.00. The van der Waals surface area contributed by atoms with Gasteiger partial charge >= 0.3 is 0 Å². The first-order valence-electron chi connectivity index (χ1n) is 7.52. The Balaban J connectivity index is 1.79. The Morgan fingerprint density at radius 1 is 1.33 bits per heavy atom. The highest BCUT2D eigenvalue weighted by molar-refractivity contribution is 7.98. The average Bonchev–Trinajstić information content (AvgIpc) is 3.12. The van der Waals surface area contributed by atoms with E-state index in [9.17, 15) is 9.59 Å². The van der Waals surface area contributed by atoms with E-state index in [-0.39, 0.29) is 18.4 Å². The maximum Gasteiger partial charge on any atom is 0.243 e. The molecule has 8 heteroatoms. The Morgan fingerprint density at radius 2 is 2.08 bits per heavy atom. The average molecular weight is 347 g/mol. The molecule has 0 aliphatic carbocycles. The van der Waals surface area contributed by atoms with Crippen LogP contribution >= 0.6 is 11.8 Å². The van der Waals surface area contributed by atoms with Crippen molar-refractivity contribution in [1.29, 1.82) is 0 Å². The molecule has 0 saturated heterocycles. The van der Waals surface area contributed by atoms with Crippen LogP contribution in [0.2, 0.25) is 0 Å². The van der Waals surface area contributed by atoms with Gasteiger partial charge in [0.1, 0.15) is 0 Å². The van der Waals surface area contributed by atoms with Crippen molar-refractivity contribution >= 4 is 29.3 Å². The molecule has 0 radical (unpaired) electrons. The van der Waals surface area contributed by atoms with Crippen molar-refractivity contribution < 1.29 is 9.59 Å². The van der Waals surface area contributed by atoms with Gasteiger partial charge in [-0.25, -0.2) is 4.68 Å². The summed E-state index contributed by atoms with van der Waals surface area (Å²) in [6.07, 6.45) is 6.07. The van der Waals surface area contributed by atoms with Crippen LogP contribution in [0.25, 0.3) is 5.69 Å². The standard InChI is InChI=1S/C16H21N5O2S/c1-24-10-7-14(17)16(23)18-11-15(22)20-12-3-5-13(6-4-12)21-9-2-8-19-21/h2-6,8-9,14H,7,10-11,17H2,1H3,(H,18,23)(H,20,22)/t14-/m0/s1. The molecule has 0 spiro atoms. The number of nitrogens with one attached hydrogen (secondary N) is 2. The topological polar surface area (TPSA) is 102 Å². The van der Waals surface area contributed by atoms with Crippen LogP contribution in [-0.4, -0.2) is 46.2 Å². The van der Waals surface area contributed by atoms with Gasteiger partial charge in [-0.05, 0) is 48.8 Å². The van der Waals surface area contributed by atoms with E-state index in [1.165, 1.54) is 0 Å². The Kier molecular flexibility index (Phi) is 6.83. The van der Waals surface area contributed by atoms with Crippen molar-refractivity contribution in [3.8, 4) is 5.69 Å². The summed E-state index contributed by atoms with van der Waals surface area (Å²) in [6.45, 7) is -0.104. The first-order chi connectivity index (χ1) is 11.6. The second-order valence-electron chi connectivity index (χ2n) is 5.15. The summed E-state index contributed by atoms with van der Waals surface area (Å²) in [6, 6.07) is 8.50. The number of benzene rings is 1. The van der Waals surface area contributed by atoms with Crippen molar-refractivity contribution in [3.05, 3.63) is 42.7 Å². The SMILES string of the molecule is CSCC[C@H](N)C(=O)NCC(=O)Nc1ccc(-n2cccn2)cc1. The van der Waals surface area contributed by atoms with Gasteiger partial charge in [0.2, 0.25) is 11.8 Å². The van der Waals surface area contributed by atoms with Crippen LogP contribution in [0.4, 0.5) is 5.69 Å². The molecule has 24 heavy (non-hydrogen) atoms. The zero-order valence-electron chi connectivity index (χ0n) is 13.4. The van der Waals surface area contributed by atoms with Gasteiger partial charge in [-0.15, -0.1) is 0 Å². The van der Waals surface area contributed by atoms with Crippen LogP contribution in [0.15, 0.2) is 42.7 Å². The Morgan fingerprint density at radius 3 is 2.71 bits per heavy atom. The number of hydrogen-bond acceptors (Lipinski definition) is 5. The van der Waals surface area contributed by atoms with Gasteiger partial charge < -0.3 is 16.4 Å². The second kappa shape index (κ2) is 9.09. The van der Waals surface area contributed by atoms with Gasteiger partial charge in [0.25, 0.3) is 0 Å². The lowest BCUT2D eigenvalue weighted by atomic mass is 10.2. The molecule has 128 valence electrons. The van der Waals surface area contributed by atoms with Crippen LogP contribution in [-0.2, 0) is 9.59 Å². The minimum absolute atomic E-state index is 0.104. The fourth-order valence-corrected chi connectivity index (χ4v) is 2.49. The number of nitrogens with two attached hydrogens (primary N) is 1. The third-order valence-corrected chi connectivity index (χ3v) is 3.96. The number of anilines is 1. The van der Waals surface area contributed by atoms with Crippen molar-refractivity contribution in [2.24, 2.45) is 5.73 Å². The smallest absolute Gasteiger partial charge is 0.243 e. The molecule has 2 rings (SSSR count). The maximum atomic E-state index is 11.9. The molecule has 0 unspecified atom stereocenters. The number of amides is 2. The molecular weight excluding hydrogens is 326 g/mol. The van der Waals surface area contributed by atoms with E-state index < -0.39 is 6.04 Å². The number of aromatic nitrogens is 2. The molecule has 2 amide bonds. The van der Waals surface area contributed by atoms with Crippen LogP contribution in [0.1, 0.15) is 6.42 Å². The quantitative estimate of drug-likeness (QED) is 0.661. The summed E-state index contributed by atoms with van der Waals surface area (Å²) >= 11 is 1.63. The Labute approximate surface area is 145 Å². The molecule has 0 bridgehead atoms. The largest absolute Gasteiger partial charge is 0.346 e. The molecule has 1 aromatic carbocycles. The van der Waals surface area contributed by atoms with E-state index in [0.717, 1.165) is 11.4 Å². The Bertz CT molecular complexity index is 658. The van der Waals surface area contributed by atoms with Crippen molar-refractivity contribution in [3.63, 3.8) is 0 Å². The highest BCUT2D eigenvalue weighted by Crippen LogP contribution is 2.12. The van der Waals surface area contributed by atoms with E-state index in [2.05, 4.69) is 15.7 Å².